The van der Waals surface area contributed by atoms with Crippen LogP contribution < -0.4 is 9.47 Å². The zero-order valence-corrected chi connectivity index (χ0v) is 12.8. The summed E-state index contributed by atoms with van der Waals surface area (Å²) in [5, 5.41) is -0.966. The van der Waals surface area contributed by atoms with E-state index in [2.05, 4.69) is 4.98 Å². The molecule has 0 spiro atoms. The standard InChI is InChI=1S/C14H10Cl2F3NO2/c1-21-9-4-2-8(3-5-9)7-22-13-11(15)6-10(12(16)20-13)14(17,18)19/h2-6H,7H2,1H3. The van der Waals surface area contributed by atoms with Gasteiger partial charge in [0, 0.05) is 0 Å². The first kappa shape index (κ1) is 16.7. The van der Waals surface area contributed by atoms with Gasteiger partial charge in [0.1, 0.15) is 22.5 Å². The Bertz CT molecular complexity index is 660. The van der Waals surface area contributed by atoms with Crippen LogP contribution in [-0.4, -0.2) is 12.1 Å². The zero-order chi connectivity index (χ0) is 16.3. The highest BCUT2D eigenvalue weighted by Crippen LogP contribution is 2.38. The molecule has 1 heterocycles. The molecule has 118 valence electrons. The number of halogens is 5. The van der Waals surface area contributed by atoms with Gasteiger partial charge in [0.15, 0.2) is 0 Å². The van der Waals surface area contributed by atoms with Crippen LogP contribution in [0.2, 0.25) is 10.2 Å². The summed E-state index contributed by atoms with van der Waals surface area (Å²) >= 11 is 11.3. The van der Waals surface area contributed by atoms with Crippen molar-refractivity contribution in [3.8, 4) is 11.6 Å². The summed E-state index contributed by atoms with van der Waals surface area (Å²) in [7, 11) is 1.54. The molecule has 0 aliphatic rings. The fourth-order valence-electron chi connectivity index (χ4n) is 1.62. The molecule has 0 saturated carbocycles. The third-order valence-corrected chi connectivity index (χ3v) is 3.30. The average Bonchev–Trinajstić information content (AvgIpc) is 2.47. The van der Waals surface area contributed by atoms with Crippen molar-refractivity contribution in [3.63, 3.8) is 0 Å². The number of methoxy groups -OCH3 is 1. The zero-order valence-electron chi connectivity index (χ0n) is 11.2. The smallest absolute Gasteiger partial charge is 0.419 e. The van der Waals surface area contributed by atoms with E-state index in [1.165, 1.54) is 0 Å². The molecule has 22 heavy (non-hydrogen) atoms. The van der Waals surface area contributed by atoms with Gasteiger partial charge in [-0.05, 0) is 23.8 Å². The van der Waals surface area contributed by atoms with Crippen LogP contribution in [0.15, 0.2) is 30.3 Å². The predicted octanol–water partition coefficient (Wildman–Crippen LogP) is 4.99. The van der Waals surface area contributed by atoms with Crippen molar-refractivity contribution in [3.05, 3.63) is 51.6 Å². The minimum Gasteiger partial charge on any atom is -0.497 e. The molecule has 0 amide bonds. The van der Waals surface area contributed by atoms with Crippen LogP contribution in [0.3, 0.4) is 0 Å². The van der Waals surface area contributed by atoms with E-state index in [4.69, 9.17) is 32.7 Å². The Morgan fingerprint density at radius 1 is 1.14 bits per heavy atom. The first-order valence-electron chi connectivity index (χ1n) is 6.00. The van der Waals surface area contributed by atoms with Crippen molar-refractivity contribution >= 4 is 23.2 Å². The predicted molar refractivity (Wildman–Crippen MR) is 76.6 cm³/mol. The third kappa shape index (κ3) is 3.96. The number of nitrogens with zero attached hydrogens (tertiary/aromatic N) is 1. The van der Waals surface area contributed by atoms with Crippen molar-refractivity contribution in [2.75, 3.05) is 7.11 Å². The lowest BCUT2D eigenvalue weighted by Gasteiger charge is -2.12. The molecule has 1 aromatic heterocycles. The fourth-order valence-corrected chi connectivity index (χ4v) is 2.07. The third-order valence-electron chi connectivity index (χ3n) is 2.74. The molecule has 8 heteroatoms. The van der Waals surface area contributed by atoms with E-state index in [9.17, 15) is 13.2 Å². The Morgan fingerprint density at radius 3 is 2.32 bits per heavy atom. The molecule has 0 saturated heterocycles. The molecule has 2 aromatic rings. The summed E-state index contributed by atoms with van der Waals surface area (Å²) in [5.41, 5.74) is -0.328. The quantitative estimate of drug-likeness (QED) is 0.726. The van der Waals surface area contributed by atoms with Gasteiger partial charge in [-0.15, -0.1) is 0 Å². The highest BCUT2D eigenvalue weighted by atomic mass is 35.5. The van der Waals surface area contributed by atoms with E-state index >= 15 is 0 Å². The molecule has 0 aliphatic heterocycles. The first-order chi connectivity index (χ1) is 10.3. The molecule has 0 N–H and O–H groups in total. The van der Waals surface area contributed by atoms with E-state index in [0.29, 0.717) is 11.8 Å². The minimum absolute atomic E-state index is 0.0818. The van der Waals surface area contributed by atoms with E-state index in [0.717, 1.165) is 5.56 Å². The highest BCUT2D eigenvalue weighted by molar-refractivity contribution is 6.33. The molecule has 2 rings (SSSR count). The van der Waals surface area contributed by atoms with Crippen LogP contribution in [0, 0.1) is 0 Å². The number of aromatic nitrogens is 1. The van der Waals surface area contributed by atoms with Gasteiger partial charge in [0.05, 0.1) is 12.7 Å². The second kappa shape index (κ2) is 6.62. The van der Waals surface area contributed by atoms with Crippen LogP contribution >= 0.6 is 23.2 Å². The maximum Gasteiger partial charge on any atom is 0.419 e. The maximum absolute atomic E-state index is 12.6. The Hall–Kier alpha value is -1.66. The second-order valence-corrected chi connectivity index (χ2v) is 5.01. The maximum atomic E-state index is 12.6. The van der Waals surface area contributed by atoms with Crippen molar-refractivity contribution in [2.45, 2.75) is 12.8 Å². The van der Waals surface area contributed by atoms with E-state index in [-0.39, 0.29) is 17.5 Å². The number of alkyl halides is 3. The van der Waals surface area contributed by atoms with Gasteiger partial charge in [0.25, 0.3) is 0 Å². The van der Waals surface area contributed by atoms with Gasteiger partial charge in [-0.1, -0.05) is 35.3 Å². The minimum atomic E-state index is -4.62. The monoisotopic (exact) mass is 351 g/mol. The summed E-state index contributed by atoms with van der Waals surface area (Å²) in [5.74, 6) is 0.521. The number of hydrogen-bond acceptors (Lipinski definition) is 3. The Balaban J connectivity index is 2.14. The van der Waals surface area contributed by atoms with Gasteiger partial charge in [-0.2, -0.15) is 18.2 Å². The van der Waals surface area contributed by atoms with Gasteiger partial charge in [0.2, 0.25) is 5.88 Å². The van der Waals surface area contributed by atoms with Gasteiger partial charge in [-0.25, -0.2) is 0 Å². The number of ether oxygens (including phenoxy) is 2. The summed E-state index contributed by atoms with van der Waals surface area (Å²) < 4.78 is 48.3. The topological polar surface area (TPSA) is 31.4 Å². The molecule has 3 nitrogen and oxygen atoms in total. The van der Waals surface area contributed by atoms with Gasteiger partial charge in [-0.3, -0.25) is 0 Å². The Morgan fingerprint density at radius 2 is 1.77 bits per heavy atom. The van der Waals surface area contributed by atoms with Gasteiger partial charge >= 0.3 is 6.18 Å². The summed E-state index contributed by atoms with van der Waals surface area (Å²) in [4.78, 5) is 3.55. The lowest BCUT2D eigenvalue weighted by atomic mass is 10.2. The highest BCUT2D eigenvalue weighted by Gasteiger charge is 2.35. The molecule has 1 aromatic carbocycles. The van der Waals surface area contributed by atoms with Crippen LogP contribution in [-0.2, 0) is 12.8 Å². The van der Waals surface area contributed by atoms with Crippen LogP contribution in [0.1, 0.15) is 11.1 Å². The lowest BCUT2D eigenvalue weighted by Crippen LogP contribution is -2.08. The summed E-state index contributed by atoms with van der Waals surface area (Å²) in [6, 6.07) is 7.65. The molecule has 0 aliphatic carbocycles. The molecule has 0 fully saturated rings. The first-order valence-corrected chi connectivity index (χ1v) is 6.76. The van der Waals surface area contributed by atoms with E-state index < -0.39 is 16.9 Å². The molecule has 0 unspecified atom stereocenters. The second-order valence-electron chi connectivity index (χ2n) is 4.25. The number of benzene rings is 1. The molecular weight excluding hydrogens is 342 g/mol. The average molecular weight is 352 g/mol. The van der Waals surface area contributed by atoms with Crippen LogP contribution in [0.4, 0.5) is 13.2 Å². The molecule has 0 bridgehead atoms. The van der Waals surface area contributed by atoms with Crippen LogP contribution in [0.25, 0.3) is 0 Å². The number of pyridine rings is 1. The number of hydrogen-bond donors (Lipinski definition) is 0. The Labute approximate surface area is 134 Å². The van der Waals surface area contributed by atoms with E-state index in [1.54, 1.807) is 31.4 Å². The van der Waals surface area contributed by atoms with Crippen molar-refractivity contribution in [1.29, 1.82) is 0 Å². The molecule has 0 atom stereocenters. The van der Waals surface area contributed by atoms with Crippen LogP contribution in [0.5, 0.6) is 11.6 Å². The summed E-state index contributed by atoms with van der Waals surface area (Å²) in [6.07, 6.45) is -4.62. The lowest BCUT2D eigenvalue weighted by molar-refractivity contribution is -0.137. The fraction of sp³-hybridized carbons (Fsp3) is 0.214. The summed E-state index contributed by atoms with van der Waals surface area (Å²) in [6.45, 7) is 0.0818. The van der Waals surface area contributed by atoms with E-state index in [1.807, 2.05) is 0 Å². The number of rotatable bonds is 4. The van der Waals surface area contributed by atoms with Crippen molar-refractivity contribution in [1.82, 2.24) is 4.98 Å². The largest absolute Gasteiger partial charge is 0.497 e. The van der Waals surface area contributed by atoms with Gasteiger partial charge < -0.3 is 9.47 Å². The van der Waals surface area contributed by atoms with Crippen molar-refractivity contribution in [2.24, 2.45) is 0 Å². The van der Waals surface area contributed by atoms with Crippen molar-refractivity contribution < 1.29 is 22.6 Å². The molecular formula is C14H10Cl2F3NO2. The SMILES string of the molecule is COc1ccc(COc2nc(Cl)c(C(F)(F)F)cc2Cl)cc1. The molecule has 0 radical (unpaired) electrons. The Kier molecular flexibility index (Phi) is 5.03. The normalized spacial score (nSPS) is 11.4.